The first kappa shape index (κ1) is 36.3. The summed E-state index contributed by atoms with van der Waals surface area (Å²) in [5.74, 6) is 0.0462. The molecule has 3 N–H and O–H groups in total. The van der Waals surface area contributed by atoms with Gasteiger partial charge in [-0.15, -0.1) is 0 Å². The van der Waals surface area contributed by atoms with E-state index in [9.17, 15) is 19.5 Å². The summed E-state index contributed by atoms with van der Waals surface area (Å²) in [5.41, 5.74) is 0.771. The number of amides is 4. The van der Waals surface area contributed by atoms with Crippen molar-refractivity contribution in [1.82, 2.24) is 20.0 Å². The molecule has 0 unspecified atom stereocenters. The molecule has 1 heterocycles. The number of fused-ring (bicyclic) bond motifs is 1. The van der Waals surface area contributed by atoms with Crippen LogP contribution in [-0.2, 0) is 9.53 Å². The second kappa shape index (κ2) is 18.0. The van der Waals surface area contributed by atoms with Gasteiger partial charge in [-0.25, -0.2) is 4.79 Å². The van der Waals surface area contributed by atoms with Gasteiger partial charge in [0.05, 0.1) is 30.4 Å². The van der Waals surface area contributed by atoms with E-state index in [2.05, 4.69) is 15.5 Å². The predicted molar refractivity (Wildman–Crippen MR) is 170 cm³/mol. The lowest BCUT2D eigenvalue weighted by Crippen LogP contribution is -2.48. The van der Waals surface area contributed by atoms with Crippen molar-refractivity contribution in [3.8, 4) is 5.75 Å². The van der Waals surface area contributed by atoms with Gasteiger partial charge in [0.2, 0.25) is 5.91 Å². The number of rotatable bonds is 10. The Bertz CT molecular complexity index is 1040. The summed E-state index contributed by atoms with van der Waals surface area (Å²) in [6.07, 6.45) is 3.29. The average molecular weight is 606 g/mol. The number of aliphatic hydroxyl groups is 1. The number of urea groups is 1. The maximum absolute atomic E-state index is 14.2. The van der Waals surface area contributed by atoms with E-state index >= 15 is 0 Å². The molecule has 244 valence electrons. The third-order valence-electron chi connectivity index (χ3n) is 7.60. The SMILES string of the molecule is CC(C)NC(=O)Nc1ccc2c(c1)C(=O)N([C@@H](C)CO)C[C@@H](C)[C@@H](CN(C)C(=O)CCCN(C)C)OCCCC[C@H](C)O2. The molecule has 43 heavy (non-hydrogen) atoms. The van der Waals surface area contributed by atoms with Crippen LogP contribution in [0.5, 0.6) is 5.75 Å². The molecule has 0 bridgehead atoms. The van der Waals surface area contributed by atoms with Crippen LogP contribution >= 0.6 is 0 Å². The first-order chi connectivity index (χ1) is 20.3. The van der Waals surface area contributed by atoms with Crippen LogP contribution in [-0.4, -0.2) is 116 Å². The van der Waals surface area contributed by atoms with E-state index in [1.54, 1.807) is 42.0 Å². The number of nitrogens with one attached hydrogen (secondary N) is 2. The van der Waals surface area contributed by atoms with E-state index < -0.39 is 6.04 Å². The molecule has 0 aliphatic carbocycles. The third kappa shape index (κ3) is 12.3. The highest BCUT2D eigenvalue weighted by molar-refractivity contribution is 5.99. The van der Waals surface area contributed by atoms with Crippen molar-refractivity contribution < 1.29 is 29.0 Å². The fraction of sp³-hybridized carbons (Fsp3) is 0.719. The molecule has 0 radical (unpaired) electrons. The molecule has 1 aliphatic rings. The van der Waals surface area contributed by atoms with Crippen LogP contribution < -0.4 is 15.4 Å². The van der Waals surface area contributed by atoms with E-state index in [0.717, 1.165) is 32.2 Å². The van der Waals surface area contributed by atoms with Crippen LogP contribution in [0.4, 0.5) is 10.5 Å². The Morgan fingerprint density at radius 1 is 1.14 bits per heavy atom. The molecule has 4 amide bonds. The van der Waals surface area contributed by atoms with E-state index in [1.807, 2.05) is 41.8 Å². The van der Waals surface area contributed by atoms with Gasteiger partial charge in [-0.3, -0.25) is 9.59 Å². The smallest absolute Gasteiger partial charge is 0.319 e. The zero-order valence-electron chi connectivity index (χ0n) is 27.5. The molecular formula is C32H55N5O6. The number of likely N-dealkylation sites (N-methyl/N-ethyl adjacent to an activating group) is 1. The summed E-state index contributed by atoms with van der Waals surface area (Å²) < 4.78 is 12.6. The molecule has 0 aromatic heterocycles. The second-order valence-corrected chi connectivity index (χ2v) is 12.4. The van der Waals surface area contributed by atoms with Gasteiger partial charge in [-0.1, -0.05) is 6.92 Å². The minimum Gasteiger partial charge on any atom is -0.490 e. The third-order valence-corrected chi connectivity index (χ3v) is 7.60. The molecule has 1 aliphatic heterocycles. The molecular weight excluding hydrogens is 550 g/mol. The van der Waals surface area contributed by atoms with E-state index in [1.165, 1.54) is 0 Å². The van der Waals surface area contributed by atoms with Crippen molar-refractivity contribution in [2.24, 2.45) is 5.92 Å². The number of carbonyl (C=O) groups excluding carboxylic acids is 3. The highest BCUT2D eigenvalue weighted by Gasteiger charge is 2.31. The Kier molecular flexibility index (Phi) is 15.2. The highest BCUT2D eigenvalue weighted by Crippen LogP contribution is 2.28. The first-order valence-corrected chi connectivity index (χ1v) is 15.6. The van der Waals surface area contributed by atoms with Gasteiger partial charge >= 0.3 is 6.03 Å². The largest absolute Gasteiger partial charge is 0.490 e. The fourth-order valence-corrected chi connectivity index (χ4v) is 5.00. The van der Waals surface area contributed by atoms with Crippen LogP contribution in [0.3, 0.4) is 0 Å². The maximum atomic E-state index is 14.2. The summed E-state index contributed by atoms with van der Waals surface area (Å²) >= 11 is 0. The molecule has 0 saturated heterocycles. The quantitative estimate of drug-likeness (QED) is 0.371. The van der Waals surface area contributed by atoms with E-state index in [-0.39, 0.29) is 48.6 Å². The highest BCUT2D eigenvalue weighted by atomic mass is 16.5. The van der Waals surface area contributed by atoms with Crippen molar-refractivity contribution in [2.45, 2.75) is 91.0 Å². The molecule has 1 aromatic rings. The zero-order valence-corrected chi connectivity index (χ0v) is 27.5. The average Bonchev–Trinajstić information content (AvgIpc) is 2.93. The van der Waals surface area contributed by atoms with E-state index in [0.29, 0.717) is 43.1 Å². The topological polar surface area (TPSA) is 124 Å². The Hall–Kier alpha value is -2.89. The van der Waals surface area contributed by atoms with Gasteiger partial charge in [0.15, 0.2) is 0 Å². The van der Waals surface area contributed by atoms with Crippen LogP contribution in [0.25, 0.3) is 0 Å². The zero-order chi connectivity index (χ0) is 32.1. The Labute approximate surface area is 258 Å². The van der Waals surface area contributed by atoms with Crippen LogP contribution in [0.1, 0.15) is 77.1 Å². The lowest BCUT2D eigenvalue weighted by Gasteiger charge is -2.36. The lowest BCUT2D eigenvalue weighted by molar-refractivity contribution is -0.132. The van der Waals surface area contributed by atoms with Crippen LogP contribution in [0.2, 0.25) is 0 Å². The Balaban J connectivity index is 2.38. The lowest BCUT2D eigenvalue weighted by atomic mass is 10.0. The second-order valence-electron chi connectivity index (χ2n) is 12.4. The van der Waals surface area contributed by atoms with Crippen LogP contribution in [0, 0.1) is 5.92 Å². The molecule has 11 nitrogen and oxygen atoms in total. The molecule has 0 spiro atoms. The summed E-state index contributed by atoms with van der Waals surface area (Å²) in [7, 11) is 5.79. The molecule has 0 fully saturated rings. The summed E-state index contributed by atoms with van der Waals surface area (Å²) in [5, 5.41) is 15.7. The standard InChI is InChI=1S/C32H55N5O6/c1-22(2)33-32(41)34-26-14-15-28-27(18-26)31(40)37(24(4)21-38)19-23(3)29(42-17-10-9-12-25(5)43-28)20-36(8)30(39)13-11-16-35(6)7/h14-15,18,22-25,29,38H,9-13,16-17,19-21H2,1-8H3,(H2,33,34,41)/t23-,24+,25+,29-/m1/s1. The first-order valence-electron chi connectivity index (χ1n) is 15.6. The van der Waals surface area contributed by atoms with Gasteiger partial charge < -0.3 is 39.9 Å². The number of benzene rings is 1. The Morgan fingerprint density at radius 2 is 1.86 bits per heavy atom. The normalized spacial score (nSPS) is 21.0. The van der Waals surface area contributed by atoms with Crippen molar-refractivity contribution in [1.29, 1.82) is 0 Å². The van der Waals surface area contributed by atoms with Crippen molar-refractivity contribution in [3.05, 3.63) is 23.8 Å². The van der Waals surface area contributed by atoms with Gasteiger partial charge in [-0.05, 0) is 92.2 Å². The fourth-order valence-electron chi connectivity index (χ4n) is 5.00. The maximum Gasteiger partial charge on any atom is 0.319 e. The summed E-state index contributed by atoms with van der Waals surface area (Å²) in [6.45, 7) is 11.4. The predicted octanol–water partition coefficient (Wildman–Crippen LogP) is 3.81. The minimum absolute atomic E-state index is 0.0481. The number of ether oxygens (including phenoxy) is 2. The number of nitrogens with zero attached hydrogens (tertiary/aromatic N) is 3. The van der Waals surface area contributed by atoms with Gasteiger partial charge in [-0.2, -0.15) is 0 Å². The Morgan fingerprint density at radius 3 is 2.51 bits per heavy atom. The van der Waals surface area contributed by atoms with Gasteiger partial charge in [0.1, 0.15) is 5.75 Å². The number of carbonyl (C=O) groups is 3. The van der Waals surface area contributed by atoms with Crippen molar-refractivity contribution in [3.63, 3.8) is 0 Å². The van der Waals surface area contributed by atoms with Gasteiger partial charge in [0, 0.05) is 50.8 Å². The number of hydrogen-bond acceptors (Lipinski definition) is 7. The summed E-state index contributed by atoms with van der Waals surface area (Å²) in [6, 6.07) is 4.17. The number of aliphatic hydroxyl groups excluding tert-OH is 1. The summed E-state index contributed by atoms with van der Waals surface area (Å²) in [4.78, 5) is 44.9. The van der Waals surface area contributed by atoms with E-state index in [4.69, 9.17) is 9.47 Å². The van der Waals surface area contributed by atoms with Gasteiger partial charge in [0.25, 0.3) is 5.91 Å². The molecule has 0 saturated carbocycles. The van der Waals surface area contributed by atoms with Crippen molar-refractivity contribution in [2.75, 3.05) is 59.3 Å². The number of hydrogen-bond donors (Lipinski definition) is 3. The number of anilines is 1. The molecule has 4 atom stereocenters. The molecule has 2 rings (SSSR count). The monoisotopic (exact) mass is 605 g/mol. The molecule has 1 aromatic carbocycles. The van der Waals surface area contributed by atoms with Crippen molar-refractivity contribution >= 4 is 23.5 Å². The minimum atomic E-state index is -0.486. The molecule has 11 heteroatoms. The van der Waals surface area contributed by atoms with Crippen LogP contribution in [0.15, 0.2) is 18.2 Å².